The molecule has 0 aromatic rings. The Kier molecular flexibility index (Phi) is 8.21. The fourth-order valence-corrected chi connectivity index (χ4v) is 1.02. The zero-order valence-electron chi connectivity index (χ0n) is 5.70. The summed E-state index contributed by atoms with van der Waals surface area (Å²) in [5.74, 6) is 0.853. The monoisotopic (exact) mass is 161 g/mol. The average molecular weight is 161 g/mol. The minimum atomic E-state index is 0.853. The lowest BCUT2D eigenvalue weighted by molar-refractivity contribution is 1.41. The van der Waals surface area contributed by atoms with Gasteiger partial charge in [0.2, 0.25) is 0 Å². The minimum absolute atomic E-state index is 0.853. The number of hydrogen-bond acceptors (Lipinski definition) is 3. The quantitative estimate of drug-likeness (QED) is 0.357. The van der Waals surface area contributed by atoms with Crippen molar-refractivity contribution >= 4 is 27.8 Å². The Morgan fingerprint density at radius 2 is 2.33 bits per heavy atom. The van der Waals surface area contributed by atoms with Gasteiger partial charge in [0.25, 0.3) is 0 Å². The summed E-state index contributed by atoms with van der Waals surface area (Å²) >= 11 is 0. The molecule has 0 heterocycles. The molecule has 0 fully saturated rings. The molecule has 52 valence electrons. The van der Waals surface area contributed by atoms with Gasteiger partial charge in [-0.05, 0) is 19.3 Å². The van der Waals surface area contributed by atoms with Gasteiger partial charge in [0.1, 0.15) is 0 Å². The van der Waals surface area contributed by atoms with Crippen LogP contribution in [0, 0.1) is 0 Å². The molecule has 0 bridgehead atoms. The highest BCUT2D eigenvalue weighted by molar-refractivity contribution is 8.76. The van der Waals surface area contributed by atoms with Crippen LogP contribution in [-0.2, 0) is 0 Å². The zero-order valence-corrected chi connectivity index (χ0v) is 7.34. The van der Waals surface area contributed by atoms with Crippen molar-refractivity contribution in [1.82, 2.24) is 0 Å². The SMILES string of the molecule is C/C=C\C=NCSSC. The Morgan fingerprint density at radius 3 is 2.89 bits per heavy atom. The van der Waals surface area contributed by atoms with Crippen LogP contribution >= 0.6 is 21.6 Å². The Labute approximate surface area is 64.4 Å². The maximum Gasteiger partial charge on any atom is 0.0946 e. The summed E-state index contributed by atoms with van der Waals surface area (Å²) in [5.41, 5.74) is 0. The van der Waals surface area contributed by atoms with Crippen molar-refractivity contribution in [2.45, 2.75) is 6.92 Å². The lowest BCUT2D eigenvalue weighted by Crippen LogP contribution is -1.67. The van der Waals surface area contributed by atoms with Gasteiger partial charge in [-0.25, -0.2) is 0 Å². The fourth-order valence-electron chi connectivity index (χ4n) is 0.273. The standard InChI is InChI=1S/C6H11NS2/c1-3-4-5-7-6-9-8-2/h3-5H,6H2,1-2H3/b4-3-,7-5?. The summed E-state index contributed by atoms with van der Waals surface area (Å²) in [4.78, 5) is 4.08. The molecule has 0 unspecified atom stereocenters. The number of allylic oxidation sites excluding steroid dienone is 2. The van der Waals surface area contributed by atoms with E-state index in [2.05, 4.69) is 11.2 Å². The minimum Gasteiger partial charge on any atom is -0.282 e. The highest BCUT2D eigenvalue weighted by atomic mass is 33.1. The maximum atomic E-state index is 4.08. The van der Waals surface area contributed by atoms with Gasteiger partial charge in [0.05, 0.1) is 5.88 Å². The molecule has 0 aliphatic rings. The molecule has 0 rings (SSSR count). The topological polar surface area (TPSA) is 12.4 Å². The van der Waals surface area contributed by atoms with Crippen LogP contribution in [0.1, 0.15) is 6.92 Å². The molecule has 0 aromatic carbocycles. The molecule has 0 saturated carbocycles. The zero-order chi connectivity index (χ0) is 6.95. The molecule has 0 radical (unpaired) electrons. The van der Waals surface area contributed by atoms with Crippen molar-refractivity contribution in [1.29, 1.82) is 0 Å². The van der Waals surface area contributed by atoms with Gasteiger partial charge in [0, 0.05) is 6.21 Å². The van der Waals surface area contributed by atoms with Gasteiger partial charge >= 0.3 is 0 Å². The first-order chi connectivity index (χ1) is 4.41. The molecule has 0 amide bonds. The molecule has 0 saturated heterocycles. The molecule has 0 aliphatic heterocycles. The first-order valence-corrected chi connectivity index (χ1v) is 5.41. The van der Waals surface area contributed by atoms with Crippen molar-refractivity contribution in [3.63, 3.8) is 0 Å². The first kappa shape index (κ1) is 9.11. The highest BCUT2D eigenvalue weighted by Crippen LogP contribution is 2.15. The molecular weight excluding hydrogens is 150 g/mol. The molecule has 0 N–H and O–H groups in total. The van der Waals surface area contributed by atoms with Crippen molar-refractivity contribution in [3.8, 4) is 0 Å². The first-order valence-electron chi connectivity index (χ1n) is 2.68. The number of aliphatic imine (C=N–C) groups is 1. The van der Waals surface area contributed by atoms with Crippen LogP contribution in [0.25, 0.3) is 0 Å². The van der Waals surface area contributed by atoms with E-state index in [4.69, 9.17) is 0 Å². The molecule has 0 spiro atoms. The maximum absolute atomic E-state index is 4.08. The van der Waals surface area contributed by atoms with Crippen LogP contribution in [0.4, 0.5) is 0 Å². The summed E-state index contributed by atoms with van der Waals surface area (Å²) in [6.45, 7) is 1.98. The van der Waals surface area contributed by atoms with Crippen LogP contribution < -0.4 is 0 Å². The van der Waals surface area contributed by atoms with E-state index in [0.29, 0.717) is 0 Å². The number of rotatable bonds is 4. The largest absolute Gasteiger partial charge is 0.282 e. The summed E-state index contributed by atoms with van der Waals surface area (Å²) in [6, 6.07) is 0. The smallest absolute Gasteiger partial charge is 0.0946 e. The van der Waals surface area contributed by atoms with Crippen LogP contribution in [0.3, 0.4) is 0 Å². The molecule has 0 atom stereocenters. The Hall–Kier alpha value is 0.110. The molecule has 0 aromatic heterocycles. The van der Waals surface area contributed by atoms with Crippen LogP contribution in [0.2, 0.25) is 0 Å². The average Bonchev–Trinajstić information content (AvgIpc) is 1.89. The van der Waals surface area contributed by atoms with E-state index in [1.54, 1.807) is 21.6 Å². The lowest BCUT2D eigenvalue weighted by Gasteiger charge is -1.85. The van der Waals surface area contributed by atoms with Crippen LogP contribution in [-0.4, -0.2) is 18.3 Å². The summed E-state index contributed by atoms with van der Waals surface area (Å²) < 4.78 is 0. The second kappa shape index (κ2) is 8.11. The third-order valence-electron chi connectivity index (χ3n) is 0.629. The van der Waals surface area contributed by atoms with Crippen LogP contribution in [0.15, 0.2) is 17.1 Å². The van der Waals surface area contributed by atoms with Gasteiger partial charge in [-0.1, -0.05) is 27.7 Å². The second-order valence-corrected chi connectivity index (χ2v) is 3.81. The Balaban J connectivity index is 3.04. The van der Waals surface area contributed by atoms with Crippen molar-refractivity contribution in [2.24, 2.45) is 4.99 Å². The van der Waals surface area contributed by atoms with Gasteiger partial charge in [-0.3, -0.25) is 4.99 Å². The summed E-state index contributed by atoms with van der Waals surface area (Å²) in [5, 5.41) is 0. The van der Waals surface area contributed by atoms with E-state index in [0.717, 1.165) is 5.88 Å². The number of nitrogens with zero attached hydrogens (tertiary/aromatic N) is 1. The molecule has 9 heavy (non-hydrogen) atoms. The predicted octanol–water partition coefficient (Wildman–Crippen LogP) is 2.60. The van der Waals surface area contributed by atoms with E-state index in [-0.39, 0.29) is 0 Å². The number of hydrogen-bond donors (Lipinski definition) is 0. The third kappa shape index (κ3) is 8.11. The molecule has 0 aliphatic carbocycles. The van der Waals surface area contributed by atoms with E-state index in [1.165, 1.54) is 0 Å². The molecule has 3 heteroatoms. The van der Waals surface area contributed by atoms with E-state index >= 15 is 0 Å². The lowest BCUT2D eigenvalue weighted by atomic mass is 10.6. The Bertz CT molecular complexity index is 99.2. The van der Waals surface area contributed by atoms with Crippen molar-refractivity contribution < 1.29 is 0 Å². The second-order valence-electron chi connectivity index (χ2n) is 1.27. The van der Waals surface area contributed by atoms with E-state index in [1.807, 2.05) is 25.3 Å². The summed E-state index contributed by atoms with van der Waals surface area (Å²) in [7, 11) is 3.48. The predicted molar refractivity (Wildman–Crippen MR) is 49.3 cm³/mol. The van der Waals surface area contributed by atoms with E-state index < -0.39 is 0 Å². The van der Waals surface area contributed by atoms with Gasteiger partial charge in [0.15, 0.2) is 0 Å². The summed E-state index contributed by atoms with van der Waals surface area (Å²) in [6.07, 6.45) is 7.77. The van der Waals surface area contributed by atoms with Gasteiger partial charge in [-0.15, -0.1) is 0 Å². The van der Waals surface area contributed by atoms with Gasteiger partial charge < -0.3 is 0 Å². The third-order valence-corrected chi connectivity index (χ3v) is 2.14. The normalized spacial score (nSPS) is 11.8. The molecular formula is C6H11NS2. The van der Waals surface area contributed by atoms with Crippen molar-refractivity contribution in [2.75, 3.05) is 12.1 Å². The van der Waals surface area contributed by atoms with Crippen molar-refractivity contribution in [3.05, 3.63) is 12.2 Å². The highest BCUT2D eigenvalue weighted by Gasteiger charge is 1.74. The van der Waals surface area contributed by atoms with Crippen LogP contribution in [0.5, 0.6) is 0 Å². The van der Waals surface area contributed by atoms with Gasteiger partial charge in [-0.2, -0.15) is 0 Å². The van der Waals surface area contributed by atoms with E-state index in [9.17, 15) is 0 Å². The fraction of sp³-hybridized carbons (Fsp3) is 0.500. The molecule has 1 nitrogen and oxygen atoms in total. The Morgan fingerprint density at radius 1 is 1.56 bits per heavy atom.